The lowest BCUT2D eigenvalue weighted by Gasteiger charge is -2.33. The second-order valence-corrected chi connectivity index (χ2v) is 17.9. The fourth-order valence-electron chi connectivity index (χ4n) is 5.06. The molecule has 0 radical (unpaired) electrons. The molecule has 2 atom stereocenters. The first-order chi connectivity index (χ1) is 17.2. The standard InChI is InChI=1S/C34H52O2S2/c1-31(2,3)21-17-23(33(7,8)9)29(35)27(19-21)37-25-15-13-14-16-26(25)38-28-20-22(32(4,5)6)18-24(30(28)36)34(10,11)12/h17-20,25-26,35-36H,13-16H2,1-12H3/t25-,26-/m1/s1. The molecule has 0 aromatic heterocycles. The lowest BCUT2D eigenvalue weighted by atomic mass is 9.80. The van der Waals surface area contributed by atoms with Gasteiger partial charge in [0.1, 0.15) is 11.5 Å². The van der Waals surface area contributed by atoms with Crippen LogP contribution >= 0.6 is 23.5 Å². The normalized spacial score (nSPS) is 19.6. The molecule has 0 saturated heterocycles. The summed E-state index contributed by atoms with van der Waals surface area (Å²) in [5.74, 6) is 0.884. The van der Waals surface area contributed by atoms with Gasteiger partial charge in [-0.1, -0.05) is 108 Å². The Bertz CT molecular complexity index is 1050. The molecule has 0 bridgehead atoms. The van der Waals surface area contributed by atoms with Gasteiger partial charge in [-0.3, -0.25) is 0 Å². The molecule has 4 heteroatoms. The average Bonchev–Trinajstić information content (AvgIpc) is 2.74. The molecule has 0 heterocycles. The van der Waals surface area contributed by atoms with Gasteiger partial charge < -0.3 is 10.2 Å². The lowest BCUT2D eigenvalue weighted by molar-refractivity contribution is 0.430. The van der Waals surface area contributed by atoms with Gasteiger partial charge in [0, 0.05) is 21.6 Å². The van der Waals surface area contributed by atoms with Crippen LogP contribution in [0.1, 0.15) is 131 Å². The molecule has 38 heavy (non-hydrogen) atoms. The van der Waals surface area contributed by atoms with E-state index < -0.39 is 0 Å². The smallest absolute Gasteiger partial charge is 0.132 e. The Balaban J connectivity index is 2.03. The van der Waals surface area contributed by atoms with Crippen LogP contribution in [-0.4, -0.2) is 20.7 Å². The molecule has 1 aliphatic carbocycles. The number of benzene rings is 2. The van der Waals surface area contributed by atoms with Crippen LogP contribution in [0, 0.1) is 0 Å². The van der Waals surface area contributed by atoms with Crippen molar-refractivity contribution in [3.63, 3.8) is 0 Å². The van der Waals surface area contributed by atoms with E-state index in [1.165, 1.54) is 24.0 Å². The summed E-state index contributed by atoms with van der Waals surface area (Å²) in [6.07, 6.45) is 4.67. The number of phenolic OH excluding ortho intramolecular Hbond substituents is 2. The Kier molecular flexibility index (Phi) is 9.02. The van der Waals surface area contributed by atoms with Crippen LogP contribution in [-0.2, 0) is 21.7 Å². The second kappa shape index (κ2) is 11.0. The third-order valence-corrected chi connectivity index (χ3v) is 10.7. The van der Waals surface area contributed by atoms with Gasteiger partial charge in [0.25, 0.3) is 0 Å². The van der Waals surface area contributed by atoms with E-state index in [-0.39, 0.29) is 21.7 Å². The maximum absolute atomic E-state index is 11.4. The van der Waals surface area contributed by atoms with E-state index in [0.29, 0.717) is 22.0 Å². The molecule has 2 nitrogen and oxygen atoms in total. The first kappa shape index (κ1) is 31.3. The van der Waals surface area contributed by atoms with Crippen molar-refractivity contribution in [2.45, 2.75) is 151 Å². The second-order valence-electron chi connectivity index (χ2n) is 15.3. The van der Waals surface area contributed by atoms with Gasteiger partial charge in [0.05, 0.1) is 9.79 Å². The molecular weight excluding hydrogens is 505 g/mol. The summed E-state index contributed by atoms with van der Waals surface area (Å²) in [5, 5.41) is 23.6. The summed E-state index contributed by atoms with van der Waals surface area (Å²) in [6.45, 7) is 26.6. The summed E-state index contributed by atoms with van der Waals surface area (Å²) in [7, 11) is 0. The maximum atomic E-state index is 11.4. The third-order valence-electron chi connectivity index (χ3n) is 7.70. The number of hydrogen-bond donors (Lipinski definition) is 2. The molecule has 2 aromatic rings. The quantitative estimate of drug-likeness (QED) is 0.393. The average molecular weight is 557 g/mol. The van der Waals surface area contributed by atoms with Crippen molar-refractivity contribution >= 4 is 23.5 Å². The first-order valence-electron chi connectivity index (χ1n) is 14.3. The Labute approximate surface area is 241 Å². The van der Waals surface area contributed by atoms with Crippen molar-refractivity contribution in [1.29, 1.82) is 0 Å². The van der Waals surface area contributed by atoms with E-state index in [1.807, 2.05) is 23.5 Å². The van der Waals surface area contributed by atoms with E-state index in [0.717, 1.165) is 33.8 Å². The minimum Gasteiger partial charge on any atom is -0.506 e. The minimum absolute atomic E-state index is 0.00622. The van der Waals surface area contributed by atoms with Crippen molar-refractivity contribution in [3.05, 3.63) is 46.5 Å². The molecule has 0 amide bonds. The summed E-state index contributed by atoms with van der Waals surface area (Å²) < 4.78 is 0. The molecular formula is C34H52O2S2. The van der Waals surface area contributed by atoms with Crippen LogP contribution in [0.15, 0.2) is 34.1 Å². The van der Waals surface area contributed by atoms with Crippen LogP contribution < -0.4 is 0 Å². The van der Waals surface area contributed by atoms with Crippen molar-refractivity contribution in [2.75, 3.05) is 0 Å². The third kappa shape index (κ3) is 7.27. The zero-order chi connectivity index (χ0) is 28.8. The first-order valence-corrected chi connectivity index (χ1v) is 16.0. The van der Waals surface area contributed by atoms with Crippen LogP contribution in [0.2, 0.25) is 0 Å². The van der Waals surface area contributed by atoms with Gasteiger partial charge in [-0.05, 0) is 57.8 Å². The zero-order valence-corrected chi connectivity index (χ0v) is 27.6. The van der Waals surface area contributed by atoms with E-state index in [9.17, 15) is 10.2 Å². The Morgan fingerprint density at radius 1 is 0.526 bits per heavy atom. The van der Waals surface area contributed by atoms with Gasteiger partial charge in [0.2, 0.25) is 0 Å². The topological polar surface area (TPSA) is 40.5 Å². The van der Waals surface area contributed by atoms with E-state index in [4.69, 9.17) is 0 Å². The van der Waals surface area contributed by atoms with Gasteiger partial charge in [-0.2, -0.15) is 0 Å². The zero-order valence-electron chi connectivity index (χ0n) is 26.0. The molecule has 2 aromatic carbocycles. The number of phenols is 2. The van der Waals surface area contributed by atoms with Gasteiger partial charge in [-0.15, -0.1) is 23.5 Å². The highest BCUT2D eigenvalue weighted by Crippen LogP contribution is 2.50. The van der Waals surface area contributed by atoms with Gasteiger partial charge >= 0.3 is 0 Å². The van der Waals surface area contributed by atoms with Crippen molar-refractivity contribution in [2.24, 2.45) is 0 Å². The van der Waals surface area contributed by atoms with Crippen LogP contribution in [0.4, 0.5) is 0 Å². The van der Waals surface area contributed by atoms with Crippen LogP contribution in [0.5, 0.6) is 11.5 Å². The molecule has 1 fully saturated rings. The maximum Gasteiger partial charge on any atom is 0.132 e. The molecule has 0 aliphatic heterocycles. The minimum atomic E-state index is -0.135. The van der Waals surface area contributed by atoms with E-state index >= 15 is 0 Å². The number of thioether (sulfide) groups is 2. The van der Waals surface area contributed by atoms with E-state index in [1.54, 1.807) is 0 Å². The molecule has 0 spiro atoms. The molecule has 1 aliphatic rings. The van der Waals surface area contributed by atoms with Crippen molar-refractivity contribution < 1.29 is 10.2 Å². The van der Waals surface area contributed by atoms with E-state index in [2.05, 4.69) is 107 Å². The number of aromatic hydroxyl groups is 2. The highest BCUT2D eigenvalue weighted by molar-refractivity contribution is 8.04. The predicted molar refractivity (Wildman–Crippen MR) is 169 cm³/mol. The highest BCUT2D eigenvalue weighted by Gasteiger charge is 2.33. The monoisotopic (exact) mass is 556 g/mol. The summed E-state index contributed by atoms with van der Waals surface area (Å²) in [4.78, 5) is 2.01. The summed E-state index contributed by atoms with van der Waals surface area (Å²) >= 11 is 3.70. The molecule has 3 rings (SSSR count). The number of hydrogen-bond acceptors (Lipinski definition) is 4. The van der Waals surface area contributed by atoms with Crippen LogP contribution in [0.25, 0.3) is 0 Å². The molecule has 1 saturated carbocycles. The molecule has 0 unspecified atom stereocenters. The van der Waals surface area contributed by atoms with Crippen molar-refractivity contribution in [1.82, 2.24) is 0 Å². The number of rotatable bonds is 4. The van der Waals surface area contributed by atoms with Crippen molar-refractivity contribution in [3.8, 4) is 11.5 Å². The predicted octanol–water partition coefficient (Wildman–Crippen LogP) is 10.5. The highest BCUT2D eigenvalue weighted by atomic mass is 32.2. The van der Waals surface area contributed by atoms with Gasteiger partial charge in [0.15, 0.2) is 0 Å². The Morgan fingerprint density at radius 3 is 1.11 bits per heavy atom. The lowest BCUT2D eigenvalue weighted by Crippen LogP contribution is -2.25. The fourth-order valence-corrected chi connectivity index (χ4v) is 8.03. The largest absolute Gasteiger partial charge is 0.506 e. The van der Waals surface area contributed by atoms with Gasteiger partial charge in [-0.25, -0.2) is 0 Å². The molecule has 2 N–H and O–H groups in total. The fraction of sp³-hybridized carbons (Fsp3) is 0.647. The summed E-state index contributed by atoms with van der Waals surface area (Å²) in [6, 6.07) is 8.86. The Morgan fingerprint density at radius 2 is 0.842 bits per heavy atom. The molecule has 212 valence electrons. The summed E-state index contributed by atoms with van der Waals surface area (Å²) in [5.41, 5.74) is 4.34. The van der Waals surface area contributed by atoms with Crippen LogP contribution in [0.3, 0.4) is 0 Å². The SMILES string of the molecule is CC(C)(C)c1cc(S[C@@H]2CCCC[C@H]2Sc2cc(C(C)(C)C)cc(C(C)(C)C)c2O)c(O)c(C(C)(C)C)c1. The Hall–Kier alpha value is -1.26.